The molecule has 1 heterocycles. The summed E-state index contributed by atoms with van der Waals surface area (Å²) < 4.78 is 0. The van der Waals surface area contributed by atoms with Crippen molar-refractivity contribution in [2.24, 2.45) is 0 Å². The van der Waals surface area contributed by atoms with Gasteiger partial charge in [-0.25, -0.2) is 9.97 Å². The van der Waals surface area contributed by atoms with Crippen LogP contribution in [0.4, 0.5) is 5.95 Å². The number of carbonyl (C=O) groups is 1. The second-order valence-electron chi connectivity index (χ2n) is 4.20. The van der Waals surface area contributed by atoms with Crippen LogP contribution in [0.5, 0.6) is 0 Å². The highest BCUT2D eigenvalue weighted by Crippen LogP contribution is 2.21. The van der Waals surface area contributed by atoms with Gasteiger partial charge in [0, 0.05) is 24.7 Å². The SMILES string of the molecule is CN(C)C(=O)c1cc(-c2ccc(Cl)cc2)nc(N)n1. The van der Waals surface area contributed by atoms with Gasteiger partial charge in [-0.15, -0.1) is 0 Å². The number of halogens is 1. The molecule has 19 heavy (non-hydrogen) atoms. The summed E-state index contributed by atoms with van der Waals surface area (Å²) in [7, 11) is 3.31. The number of nitrogen functional groups attached to an aromatic ring is 1. The van der Waals surface area contributed by atoms with E-state index < -0.39 is 0 Å². The molecular weight excluding hydrogens is 264 g/mol. The molecule has 0 unspecified atom stereocenters. The van der Waals surface area contributed by atoms with Crippen molar-refractivity contribution in [3.8, 4) is 11.3 Å². The van der Waals surface area contributed by atoms with E-state index in [1.54, 1.807) is 32.3 Å². The molecule has 0 saturated heterocycles. The maximum Gasteiger partial charge on any atom is 0.272 e. The standard InChI is InChI=1S/C13H13ClN4O/c1-18(2)12(19)11-7-10(16-13(15)17-11)8-3-5-9(14)6-4-8/h3-7H,1-2H3,(H2,15,16,17). The number of nitrogens with two attached hydrogens (primary N) is 1. The summed E-state index contributed by atoms with van der Waals surface area (Å²) in [5, 5.41) is 0.635. The van der Waals surface area contributed by atoms with Crippen molar-refractivity contribution in [2.45, 2.75) is 0 Å². The van der Waals surface area contributed by atoms with E-state index in [-0.39, 0.29) is 17.5 Å². The van der Waals surface area contributed by atoms with Gasteiger partial charge in [-0.05, 0) is 18.2 Å². The van der Waals surface area contributed by atoms with E-state index in [2.05, 4.69) is 9.97 Å². The zero-order valence-electron chi connectivity index (χ0n) is 10.6. The third-order valence-corrected chi connectivity index (χ3v) is 2.76. The lowest BCUT2D eigenvalue weighted by Gasteiger charge is -2.11. The number of aromatic nitrogens is 2. The van der Waals surface area contributed by atoms with Crippen LogP contribution in [0, 0.1) is 0 Å². The molecule has 0 radical (unpaired) electrons. The summed E-state index contributed by atoms with van der Waals surface area (Å²) in [6, 6.07) is 8.75. The normalized spacial score (nSPS) is 10.3. The zero-order chi connectivity index (χ0) is 14.0. The van der Waals surface area contributed by atoms with Crippen LogP contribution in [0.15, 0.2) is 30.3 Å². The Labute approximate surface area is 116 Å². The summed E-state index contributed by atoms with van der Waals surface area (Å²) in [6.07, 6.45) is 0. The van der Waals surface area contributed by atoms with E-state index >= 15 is 0 Å². The Morgan fingerprint density at radius 2 is 1.84 bits per heavy atom. The number of hydrogen-bond acceptors (Lipinski definition) is 4. The quantitative estimate of drug-likeness (QED) is 0.911. The largest absolute Gasteiger partial charge is 0.368 e. The van der Waals surface area contributed by atoms with Crippen LogP contribution >= 0.6 is 11.6 Å². The fourth-order valence-electron chi connectivity index (χ4n) is 1.57. The molecule has 0 aliphatic rings. The Bertz CT molecular complexity index is 611. The van der Waals surface area contributed by atoms with Crippen molar-refractivity contribution in [3.63, 3.8) is 0 Å². The molecule has 98 valence electrons. The van der Waals surface area contributed by atoms with Gasteiger partial charge in [-0.1, -0.05) is 23.7 Å². The third kappa shape index (κ3) is 3.00. The van der Waals surface area contributed by atoms with Gasteiger partial charge in [0.25, 0.3) is 5.91 Å². The lowest BCUT2D eigenvalue weighted by Crippen LogP contribution is -2.23. The fourth-order valence-corrected chi connectivity index (χ4v) is 1.70. The van der Waals surface area contributed by atoms with Gasteiger partial charge >= 0.3 is 0 Å². The molecule has 0 fully saturated rings. The van der Waals surface area contributed by atoms with Crippen LogP contribution in [0.2, 0.25) is 5.02 Å². The van der Waals surface area contributed by atoms with E-state index in [1.807, 2.05) is 12.1 Å². The average molecular weight is 277 g/mol. The number of benzene rings is 1. The van der Waals surface area contributed by atoms with E-state index in [0.717, 1.165) is 5.56 Å². The van der Waals surface area contributed by atoms with Crippen LogP contribution in [0.3, 0.4) is 0 Å². The molecule has 0 saturated carbocycles. The minimum atomic E-state index is -0.218. The van der Waals surface area contributed by atoms with Gasteiger partial charge in [0.1, 0.15) is 5.69 Å². The van der Waals surface area contributed by atoms with E-state index in [1.165, 1.54) is 4.90 Å². The minimum Gasteiger partial charge on any atom is -0.368 e. The molecule has 1 aromatic heterocycles. The maximum atomic E-state index is 11.9. The predicted octanol–water partition coefficient (Wildman–Crippen LogP) is 2.08. The van der Waals surface area contributed by atoms with Gasteiger partial charge in [0.05, 0.1) is 5.69 Å². The van der Waals surface area contributed by atoms with Crippen molar-refractivity contribution in [3.05, 3.63) is 41.0 Å². The summed E-state index contributed by atoms with van der Waals surface area (Å²) in [4.78, 5) is 21.4. The van der Waals surface area contributed by atoms with Crippen molar-refractivity contribution in [1.29, 1.82) is 0 Å². The molecular formula is C13H13ClN4O. The molecule has 0 aliphatic carbocycles. The Kier molecular flexibility index (Phi) is 3.66. The molecule has 5 nitrogen and oxygen atoms in total. The first kappa shape index (κ1) is 13.3. The summed E-state index contributed by atoms with van der Waals surface area (Å²) >= 11 is 5.84. The maximum absolute atomic E-state index is 11.9. The molecule has 0 aliphatic heterocycles. The second-order valence-corrected chi connectivity index (χ2v) is 4.64. The van der Waals surface area contributed by atoms with Gasteiger partial charge in [-0.3, -0.25) is 4.79 Å². The van der Waals surface area contributed by atoms with Gasteiger partial charge in [-0.2, -0.15) is 0 Å². The molecule has 2 aromatic rings. The van der Waals surface area contributed by atoms with Crippen LogP contribution < -0.4 is 5.73 Å². The smallest absolute Gasteiger partial charge is 0.272 e. The number of anilines is 1. The number of rotatable bonds is 2. The van der Waals surface area contributed by atoms with Gasteiger partial charge in [0.15, 0.2) is 0 Å². The number of amides is 1. The Balaban J connectivity index is 2.47. The molecule has 0 bridgehead atoms. The summed E-state index contributed by atoms with van der Waals surface area (Å²) in [5.41, 5.74) is 7.33. The third-order valence-electron chi connectivity index (χ3n) is 2.51. The molecule has 2 N–H and O–H groups in total. The summed E-state index contributed by atoms with van der Waals surface area (Å²) in [6.45, 7) is 0. The predicted molar refractivity (Wildman–Crippen MR) is 74.9 cm³/mol. The zero-order valence-corrected chi connectivity index (χ0v) is 11.3. The topological polar surface area (TPSA) is 72.1 Å². The molecule has 0 spiro atoms. The van der Waals surface area contributed by atoms with E-state index in [9.17, 15) is 4.79 Å². The first-order valence-corrected chi connectivity index (χ1v) is 5.97. The van der Waals surface area contributed by atoms with Crippen LogP contribution in [-0.2, 0) is 0 Å². The highest BCUT2D eigenvalue weighted by molar-refractivity contribution is 6.30. The highest BCUT2D eigenvalue weighted by atomic mass is 35.5. The van der Waals surface area contributed by atoms with Crippen LogP contribution in [0.25, 0.3) is 11.3 Å². The lowest BCUT2D eigenvalue weighted by atomic mass is 10.1. The molecule has 1 aromatic carbocycles. The molecule has 6 heteroatoms. The lowest BCUT2D eigenvalue weighted by molar-refractivity contribution is 0.0822. The summed E-state index contributed by atoms with van der Waals surface area (Å²) in [5.74, 6) is -0.151. The van der Waals surface area contributed by atoms with Crippen molar-refractivity contribution in [2.75, 3.05) is 19.8 Å². The first-order valence-electron chi connectivity index (χ1n) is 5.59. The Hall–Kier alpha value is -2.14. The van der Waals surface area contributed by atoms with E-state index in [0.29, 0.717) is 10.7 Å². The van der Waals surface area contributed by atoms with Crippen LogP contribution in [0.1, 0.15) is 10.5 Å². The van der Waals surface area contributed by atoms with Crippen molar-refractivity contribution < 1.29 is 4.79 Å². The van der Waals surface area contributed by atoms with Crippen molar-refractivity contribution >= 4 is 23.5 Å². The van der Waals surface area contributed by atoms with Gasteiger partial charge < -0.3 is 10.6 Å². The molecule has 2 rings (SSSR count). The first-order chi connectivity index (χ1) is 8.97. The number of nitrogens with zero attached hydrogens (tertiary/aromatic N) is 3. The van der Waals surface area contributed by atoms with E-state index in [4.69, 9.17) is 17.3 Å². The van der Waals surface area contributed by atoms with Crippen molar-refractivity contribution in [1.82, 2.24) is 14.9 Å². The van der Waals surface area contributed by atoms with Gasteiger partial charge in [0.2, 0.25) is 5.95 Å². The molecule has 1 amide bonds. The fraction of sp³-hybridized carbons (Fsp3) is 0.154. The molecule has 0 atom stereocenters. The Morgan fingerprint density at radius 3 is 2.42 bits per heavy atom. The number of hydrogen-bond donors (Lipinski definition) is 1. The number of carbonyl (C=O) groups excluding carboxylic acids is 1. The monoisotopic (exact) mass is 276 g/mol. The second kappa shape index (κ2) is 5.24. The Morgan fingerprint density at radius 1 is 1.21 bits per heavy atom. The van der Waals surface area contributed by atoms with Crippen LogP contribution in [-0.4, -0.2) is 34.9 Å². The average Bonchev–Trinajstić information content (AvgIpc) is 2.37. The highest BCUT2D eigenvalue weighted by Gasteiger charge is 2.13. The minimum absolute atomic E-state index is 0.0673.